The third-order valence-electron chi connectivity index (χ3n) is 4.77. The van der Waals surface area contributed by atoms with Crippen LogP contribution in [0.4, 0.5) is 11.8 Å². The van der Waals surface area contributed by atoms with Gasteiger partial charge in [-0.25, -0.2) is 4.98 Å². The Morgan fingerprint density at radius 1 is 0.913 bits per heavy atom. The van der Waals surface area contributed by atoms with Crippen molar-refractivity contribution in [2.75, 3.05) is 23.7 Å². The second-order valence-corrected chi connectivity index (χ2v) is 6.55. The van der Waals surface area contributed by atoms with E-state index in [2.05, 4.69) is 20.9 Å². The highest BCUT2D eigenvalue weighted by atomic mass is 35.5. The zero-order chi connectivity index (χ0) is 14.7. The Morgan fingerprint density at radius 2 is 1.48 bits per heavy atom. The van der Waals surface area contributed by atoms with Crippen molar-refractivity contribution >= 4 is 36.6 Å². The van der Waals surface area contributed by atoms with Crippen molar-refractivity contribution in [2.24, 2.45) is 5.73 Å². The number of nitrogens with two attached hydrogens (primary N) is 2. The molecule has 1 aromatic rings. The number of rotatable bonds is 2. The van der Waals surface area contributed by atoms with Gasteiger partial charge in [0.1, 0.15) is 5.82 Å². The summed E-state index contributed by atoms with van der Waals surface area (Å²) in [5, 5.41) is 0. The maximum Gasteiger partial charge on any atom is 0.222 e. The number of nitrogen functional groups attached to an aromatic ring is 1. The molecule has 2 aliphatic rings. The number of halogens is 2. The number of aromatic nitrogens is 2. The Bertz CT molecular complexity index is 470. The summed E-state index contributed by atoms with van der Waals surface area (Å²) in [5.41, 5.74) is 12.9. The molecule has 1 aliphatic heterocycles. The molecule has 0 aromatic carbocycles. The molecule has 0 unspecified atom stereocenters. The third kappa shape index (κ3) is 5.37. The molecule has 23 heavy (non-hydrogen) atoms. The van der Waals surface area contributed by atoms with E-state index in [4.69, 9.17) is 11.5 Å². The van der Waals surface area contributed by atoms with Gasteiger partial charge in [-0.05, 0) is 25.7 Å². The average molecular weight is 362 g/mol. The summed E-state index contributed by atoms with van der Waals surface area (Å²) in [6, 6.07) is 2.48. The first kappa shape index (κ1) is 20.3. The smallest absolute Gasteiger partial charge is 0.222 e. The van der Waals surface area contributed by atoms with Crippen molar-refractivity contribution in [3.63, 3.8) is 0 Å². The van der Waals surface area contributed by atoms with Crippen LogP contribution in [0.15, 0.2) is 6.07 Å². The summed E-state index contributed by atoms with van der Waals surface area (Å²) in [4.78, 5) is 11.3. The number of anilines is 2. The van der Waals surface area contributed by atoms with Gasteiger partial charge in [0.15, 0.2) is 0 Å². The van der Waals surface area contributed by atoms with Gasteiger partial charge in [-0.2, -0.15) is 4.98 Å². The molecule has 2 fully saturated rings. The lowest BCUT2D eigenvalue weighted by Crippen LogP contribution is -2.35. The molecule has 7 heteroatoms. The van der Waals surface area contributed by atoms with Gasteiger partial charge < -0.3 is 16.4 Å². The second-order valence-electron chi connectivity index (χ2n) is 6.55. The summed E-state index contributed by atoms with van der Waals surface area (Å²) in [6.45, 7) is 2.17. The minimum atomic E-state index is 0. The van der Waals surface area contributed by atoms with Crippen molar-refractivity contribution in [1.82, 2.24) is 9.97 Å². The first-order valence-electron chi connectivity index (χ1n) is 8.37. The zero-order valence-electron chi connectivity index (χ0n) is 13.6. The van der Waals surface area contributed by atoms with Crippen LogP contribution in [0.2, 0.25) is 0 Å². The molecule has 5 nitrogen and oxygen atoms in total. The van der Waals surface area contributed by atoms with E-state index < -0.39 is 0 Å². The molecule has 1 aliphatic carbocycles. The minimum absolute atomic E-state index is 0. The quantitative estimate of drug-likeness (QED) is 0.844. The highest BCUT2D eigenvalue weighted by Gasteiger charge is 2.29. The lowest BCUT2D eigenvalue weighted by Gasteiger charge is -2.32. The first-order chi connectivity index (χ1) is 10.2. The summed E-state index contributed by atoms with van der Waals surface area (Å²) < 4.78 is 0. The summed E-state index contributed by atoms with van der Waals surface area (Å²) >= 11 is 0. The van der Waals surface area contributed by atoms with Gasteiger partial charge >= 0.3 is 0 Å². The van der Waals surface area contributed by atoms with Crippen LogP contribution in [-0.2, 0) is 0 Å². The van der Waals surface area contributed by atoms with Gasteiger partial charge in [-0.3, -0.25) is 0 Å². The SMILES string of the molecule is Cl.Cl.Nc1nc(C2CC(N)C2)cc(N2CCCCCCCC2)n1. The molecule has 3 rings (SSSR count). The number of hydrogen-bond acceptors (Lipinski definition) is 5. The van der Waals surface area contributed by atoms with E-state index in [0.717, 1.165) is 37.4 Å². The minimum Gasteiger partial charge on any atom is -0.368 e. The van der Waals surface area contributed by atoms with Crippen LogP contribution in [-0.4, -0.2) is 29.1 Å². The Labute approximate surface area is 151 Å². The molecule has 1 saturated heterocycles. The molecular formula is C16H29Cl2N5. The van der Waals surface area contributed by atoms with Crippen LogP contribution in [0.1, 0.15) is 63.0 Å². The van der Waals surface area contributed by atoms with Crippen molar-refractivity contribution in [2.45, 2.75) is 63.3 Å². The summed E-state index contributed by atoms with van der Waals surface area (Å²) in [6.07, 6.45) is 9.91. The van der Waals surface area contributed by atoms with Crippen molar-refractivity contribution < 1.29 is 0 Å². The van der Waals surface area contributed by atoms with Crippen molar-refractivity contribution in [1.29, 1.82) is 0 Å². The maximum absolute atomic E-state index is 5.94. The fourth-order valence-electron chi connectivity index (χ4n) is 3.40. The molecule has 1 saturated carbocycles. The lowest BCUT2D eigenvalue weighted by molar-refractivity contribution is 0.345. The average Bonchev–Trinajstić information content (AvgIpc) is 2.56. The highest BCUT2D eigenvalue weighted by molar-refractivity contribution is 5.85. The normalized spacial score (nSPS) is 25.0. The zero-order valence-corrected chi connectivity index (χ0v) is 15.2. The predicted molar refractivity (Wildman–Crippen MR) is 101 cm³/mol. The van der Waals surface area contributed by atoms with E-state index in [1.165, 1.54) is 38.5 Å². The largest absolute Gasteiger partial charge is 0.368 e. The van der Waals surface area contributed by atoms with Crippen LogP contribution in [0.25, 0.3) is 0 Å². The molecule has 0 spiro atoms. The van der Waals surface area contributed by atoms with Gasteiger partial charge in [-0.1, -0.05) is 25.7 Å². The van der Waals surface area contributed by atoms with E-state index >= 15 is 0 Å². The predicted octanol–water partition coefficient (Wildman–Crippen LogP) is 3.27. The number of nitrogens with zero attached hydrogens (tertiary/aromatic N) is 3. The van der Waals surface area contributed by atoms with Crippen LogP contribution in [0, 0.1) is 0 Å². The van der Waals surface area contributed by atoms with Gasteiger partial charge in [0.25, 0.3) is 0 Å². The molecular weight excluding hydrogens is 333 g/mol. The van der Waals surface area contributed by atoms with E-state index in [1.54, 1.807) is 0 Å². The van der Waals surface area contributed by atoms with E-state index in [-0.39, 0.29) is 24.8 Å². The van der Waals surface area contributed by atoms with E-state index in [9.17, 15) is 0 Å². The summed E-state index contributed by atoms with van der Waals surface area (Å²) in [5.74, 6) is 1.89. The molecule has 2 heterocycles. The fourth-order valence-corrected chi connectivity index (χ4v) is 3.40. The summed E-state index contributed by atoms with van der Waals surface area (Å²) in [7, 11) is 0. The van der Waals surface area contributed by atoms with Crippen molar-refractivity contribution in [3.8, 4) is 0 Å². The standard InChI is InChI=1S/C16H27N5.2ClH/c17-13-9-12(10-13)14-11-15(20-16(18)19-14)21-7-5-3-1-2-4-6-8-21;;/h11-13H,1-10,17H2,(H2,18,19,20);2*1H. The highest BCUT2D eigenvalue weighted by Crippen LogP contribution is 2.36. The van der Waals surface area contributed by atoms with Crippen LogP contribution in [0.3, 0.4) is 0 Å². The van der Waals surface area contributed by atoms with Crippen LogP contribution < -0.4 is 16.4 Å². The maximum atomic E-state index is 5.94. The van der Waals surface area contributed by atoms with E-state index in [0.29, 0.717) is 17.9 Å². The molecule has 132 valence electrons. The van der Waals surface area contributed by atoms with Gasteiger partial charge in [-0.15, -0.1) is 24.8 Å². The molecule has 4 N–H and O–H groups in total. The fraction of sp³-hybridized carbons (Fsp3) is 0.750. The van der Waals surface area contributed by atoms with Gasteiger partial charge in [0.2, 0.25) is 5.95 Å². The monoisotopic (exact) mass is 361 g/mol. The Hall–Kier alpha value is -0.780. The molecule has 0 atom stereocenters. The lowest BCUT2D eigenvalue weighted by atomic mass is 9.78. The molecule has 0 amide bonds. The van der Waals surface area contributed by atoms with E-state index in [1.807, 2.05) is 0 Å². The van der Waals surface area contributed by atoms with Crippen LogP contribution >= 0.6 is 24.8 Å². The Balaban J connectivity index is 0.00000132. The Morgan fingerprint density at radius 3 is 2.04 bits per heavy atom. The Kier molecular flexibility index (Phi) is 8.37. The number of hydrogen-bond donors (Lipinski definition) is 2. The molecule has 0 bridgehead atoms. The first-order valence-corrected chi connectivity index (χ1v) is 8.37. The molecule has 1 aromatic heterocycles. The van der Waals surface area contributed by atoms with Gasteiger partial charge in [0, 0.05) is 31.1 Å². The van der Waals surface area contributed by atoms with Gasteiger partial charge in [0.05, 0.1) is 5.69 Å². The third-order valence-corrected chi connectivity index (χ3v) is 4.77. The van der Waals surface area contributed by atoms with Crippen LogP contribution in [0.5, 0.6) is 0 Å². The second kappa shape index (κ2) is 9.50. The molecule has 0 radical (unpaired) electrons. The van der Waals surface area contributed by atoms with Crippen molar-refractivity contribution in [3.05, 3.63) is 11.8 Å². The topological polar surface area (TPSA) is 81.1 Å².